The molecule has 0 saturated carbocycles. The van der Waals surface area contributed by atoms with E-state index in [1.807, 2.05) is 19.9 Å². The van der Waals surface area contributed by atoms with Gasteiger partial charge in [-0.1, -0.05) is 18.5 Å². The topological polar surface area (TPSA) is 97.2 Å². The van der Waals surface area contributed by atoms with Gasteiger partial charge in [0.1, 0.15) is 10.6 Å². The first-order chi connectivity index (χ1) is 14.9. The van der Waals surface area contributed by atoms with E-state index in [4.69, 9.17) is 16.3 Å². The highest BCUT2D eigenvalue weighted by atomic mass is 35.5. The predicted molar refractivity (Wildman–Crippen MR) is 122 cm³/mol. The fourth-order valence-electron chi connectivity index (χ4n) is 3.25. The van der Waals surface area contributed by atoms with Gasteiger partial charge in [-0.3, -0.25) is 14.3 Å². The summed E-state index contributed by atoms with van der Waals surface area (Å²) in [5, 5.41) is 11.1. The summed E-state index contributed by atoms with van der Waals surface area (Å²) < 4.78 is 7.16. The Balaban J connectivity index is 1.72. The molecule has 0 aliphatic heterocycles. The summed E-state index contributed by atoms with van der Waals surface area (Å²) in [7, 11) is 0. The number of nitrogens with one attached hydrogen (secondary N) is 1. The van der Waals surface area contributed by atoms with Crippen molar-refractivity contribution >= 4 is 33.2 Å². The van der Waals surface area contributed by atoms with E-state index in [0.29, 0.717) is 33.3 Å². The van der Waals surface area contributed by atoms with Gasteiger partial charge in [-0.05, 0) is 49.2 Å². The number of halogens is 1. The number of thiophene rings is 1. The second kappa shape index (κ2) is 8.66. The van der Waals surface area contributed by atoms with E-state index < -0.39 is 17.4 Å². The molecule has 0 fully saturated rings. The van der Waals surface area contributed by atoms with E-state index >= 15 is 0 Å². The number of hydrogen-bond donors (Lipinski definition) is 2. The van der Waals surface area contributed by atoms with Crippen LogP contribution in [0, 0.1) is 6.92 Å². The minimum atomic E-state index is -0.677. The largest absolute Gasteiger partial charge is 0.439 e. The molecule has 3 aromatic heterocycles. The van der Waals surface area contributed by atoms with Gasteiger partial charge in [-0.2, -0.15) is 0 Å². The van der Waals surface area contributed by atoms with E-state index in [9.17, 15) is 14.7 Å². The molecule has 0 aliphatic carbocycles. The Hall–Kier alpha value is -2.94. The summed E-state index contributed by atoms with van der Waals surface area (Å²) in [6.45, 7) is 3.80. The number of aliphatic hydroxyl groups is 1. The summed E-state index contributed by atoms with van der Waals surface area (Å²) in [5.41, 5.74) is 0.603. The Morgan fingerprint density at radius 3 is 2.61 bits per heavy atom. The molecule has 0 bridgehead atoms. The van der Waals surface area contributed by atoms with Crippen molar-refractivity contribution in [3.63, 3.8) is 0 Å². The Labute approximate surface area is 186 Å². The Bertz CT molecular complexity index is 1340. The van der Waals surface area contributed by atoms with Gasteiger partial charge < -0.3 is 9.84 Å². The highest BCUT2D eigenvalue weighted by Crippen LogP contribution is 2.36. The van der Waals surface area contributed by atoms with Crippen molar-refractivity contribution in [2.45, 2.75) is 32.9 Å². The van der Waals surface area contributed by atoms with Gasteiger partial charge in [0.05, 0.1) is 18.0 Å². The smallest absolute Gasteiger partial charge is 0.329 e. The maximum Gasteiger partial charge on any atom is 0.329 e. The third-order valence-corrected chi connectivity index (χ3v) is 6.58. The van der Waals surface area contributed by atoms with Crippen LogP contribution in [0.1, 0.15) is 18.9 Å². The van der Waals surface area contributed by atoms with Crippen LogP contribution in [0.3, 0.4) is 0 Å². The van der Waals surface area contributed by atoms with Gasteiger partial charge in [0.15, 0.2) is 0 Å². The molecular formula is C22H20ClN3O4S. The van der Waals surface area contributed by atoms with Gasteiger partial charge in [-0.25, -0.2) is 9.78 Å². The molecule has 4 rings (SSSR count). The first-order valence-corrected chi connectivity index (χ1v) is 10.9. The fourth-order valence-corrected chi connectivity index (χ4v) is 4.68. The minimum Gasteiger partial charge on any atom is -0.439 e. The number of aliphatic hydroxyl groups excluding tert-OH is 1. The number of ether oxygens (including phenoxy) is 1. The monoisotopic (exact) mass is 457 g/mol. The number of aromatic amines is 1. The number of rotatable bonds is 6. The lowest BCUT2D eigenvalue weighted by Gasteiger charge is -2.10. The quantitative estimate of drug-likeness (QED) is 0.449. The first-order valence-electron chi connectivity index (χ1n) is 9.71. The standard InChI is InChI=1S/C22H20ClN3O4S/c1-3-15(27)11-26-21-18(20(28)25-22(26)29)12(2)19(31-21)13-4-9-17(24-10-13)30-16-7-5-14(23)6-8-16/h4-10,15,27H,3,11H2,1-2H3,(H,25,28,29)/t15-/m0/s1. The van der Waals surface area contributed by atoms with Crippen molar-refractivity contribution in [1.29, 1.82) is 0 Å². The van der Waals surface area contributed by atoms with Gasteiger partial charge >= 0.3 is 5.69 Å². The van der Waals surface area contributed by atoms with Crippen LogP contribution < -0.4 is 16.0 Å². The van der Waals surface area contributed by atoms with Crippen LogP contribution in [-0.2, 0) is 6.54 Å². The molecular weight excluding hydrogens is 438 g/mol. The van der Waals surface area contributed by atoms with Crippen LogP contribution in [0.2, 0.25) is 5.02 Å². The predicted octanol–water partition coefficient (Wildman–Crippen LogP) is 4.34. The highest BCUT2D eigenvalue weighted by molar-refractivity contribution is 7.22. The van der Waals surface area contributed by atoms with E-state index in [0.717, 1.165) is 16.0 Å². The van der Waals surface area contributed by atoms with Crippen molar-refractivity contribution in [3.8, 4) is 22.1 Å². The fraction of sp³-hybridized carbons (Fsp3) is 0.227. The number of H-pyrrole nitrogens is 1. The molecule has 4 aromatic rings. The molecule has 0 unspecified atom stereocenters. The number of aromatic nitrogens is 3. The van der Waals surface area contributed by atoms with Crippen molar-refractivity contribution < 1.29 is 9.84 Å². The maximum absolute atomic E-state index is 12.5. The van der Waals surface area contributed by atoms with Gasteiger partial charge in [0.2, 0.25) is 5.88 Å². The summed E-state index contributed by atoms with van der Waals surface area (Å²) >= 11 is 7.22. The normalized spacial score (nSPS) is 12.3. The maximum atomic E-state index is 12.5. The number of fused-ring (bicyclic) bond motifs is 1. The average Bonchev–Trinajstić information content (AvgIpc) is 3.10. The molecule has 9 heteroatoms. The first kappa shape index (κ1) is 21.3. The van der Waals surface area contributed by atoms with Crippen LogP contribution in [0.4, 0.5) is 0 Å². The number of benzene rings is 1. The summed E-state index contributed by atoms with van der Waals surface area (Å²) in [6, 6.07) is 10.6. The molecule has 0 amide bonds. The summed E-state index contributed by atoms with van der Waals surface area (Å²) in [4.78, 5) is 32.9. The summed E-state index contributed by atoms with van der Waals surface area (Å²) in [5.74, 6) is 1.04. The third-order valence-electron chi connectivity index (χ3n) is 4.97. The van der Waals surface area contributed by atoms with Gasteiger partial charge in [0.25, 0.3) is 5.56 Å². The number of nitrogens with zero attached hydrogens (tertiary/aromatic N) is 2. The molecule has 0 aliphatic rings. The van der Waals surface area contributed by atoms with Crippen molar-refractivity contribution in [2.24, 2.45) is 0 Å². The van der Waals surface area contributed by atoms with Crippen LogP contribution in [0.15, 0.2) is 52.2 Å². The molecule has 7 nitrogen and oxygen atoms in total. The summed E-state index contributed by atoms with van der Waals surface area (Å²) in [6.07, 6.45) is 1.49. The molecule has 1 atom stereocenters. The minimum absolute atomic E-state index is 0.119. The molecule has 2 N–H and O–H groups in total. The number of pyridine rings is 1. The Kier molecular flexibility index (Phi) is 5.95. The zero-order chi connectivity index (χ0) is 22.1. The van der Waals surface area contributed by atoms with Crippen LogP contribution in [0.5, 0.6) is 11.6 Å². The molecule has 31 heavy (non-hydrogen) atoms. The SMILES string of the molecule is CC[C@H](O)Cn1c(=O)[nH]c(=O)c2c(C)c(-c3ccc(Oc4ccc(Cl)cc4)nc3)sc21. The molecule has 0 saturated heterocycles. The molecule has 1 aromatic carbocycles. The van der Waals surface area contributed by atoms with E-state index in [1.54, 1.807) is 36.5 Å². The van der Waals surface area contributed by atoms with E-state index in [1.165, 1.54) is 15.9 Å². The molecule has 0 spiro atoms. The zero-order valence-corrected chi connectivity index (χ0v) is 18.5. The lowest BCUT2D eigenvalue weighted by molar-refractivity contribution is 0.150. The zero-order valence-electron chi connectivity index (χ0n) is 16.9. The van der Waals surface area contributed by atoms with Crippen LogP contribution in [0.25, 0.3) is 20.7 Å². The number of hydrogen-bond acceptors (Lipinski definition) is 6. The Morgan fingerprint density at radius 1 is 1.23 bits per heavy atom. The van der Waals surface area contributed by atoms with Gasteiger partial charge in [-0.15, -0.1) is 11.3 Å². The molecule has 0 radical (unpaired) electrons. The highest BCUT2D eigenvalue weighted by Gasteiger charge is 2.19. The number of aryl methyl sites for hydroxylation is 1. The van der Waals surface area contributed by atoms with Crippen molar-refractivity contribution in [1.82, 2.24) is 14.5 Å². The van der Waals surface area contributed by atoms with Crippen molar-refractivity contribution in [3.05, 3.63) is 74.0 Å². The third kappa shape index (κ3) is 4.27. The van der Waals surface area contributed by atoms with Gasteiger partial charge in [0, 0.05) is 27.7 Å². The molecule has 160 valence electrons. The van der Waals surface area contributed by atoms with Crippen LogP contribution >= 0.6 is 22.9 Å². The Morgan fingerprint density at radius 2 is 1.97 bits per heavy atom. The molecule has 3 heterocycles. The van der Waals surface area contributed by atoms with Crippen LogP contribution in [-0.4, -0.2) is 25.7 Å². The van der Waals surface area contributed by atoms with E-state index in [2.05, 4.69) is 9.97 Å². The van der Waals surface area contributed by atoms with Crippen molar-refractivity contribution in [2.75, 3.05) is 0 Å². The lowest BCUT2D eigenvalue weighted by Crippen LogP contribution is -2.33. The average molecular weight is 458 g/mol. The lowest BCUT2D eigenvalue weighted by atomic mass is 10.1. The second-order valence-corrected chi connectivity index (χ2v) is 8.54. The second-order valence-electron chi connectivity index (χ2n) is 7.11. The van der Waals surface area contributed by atoms with E-state index in [-0.39, 0.29) is 6.54 Å².